The molecule has 0 fully saturated rings. The topological polar surface area (TPSA) is 30.3 Å². The maximum Gasteiger partial charge on any atom is 0.0991 e. The molecule has 2 aromatic carbocycles. The van der Waals surface area contributed by atoms with Crippen LogP contribution >= 0.6 is 0 Å². The Morgan fingerprint density at radius 2 is 1.48 bits per heavy atom. The summed E-state index contributed by atoms with van der Waals surface area (Å²) in [7, 11) is 2.15. The zero-order valence-corrected chi connectivity index (χ0v) is 15.7. The van der Waals surface area contributed by atoms with E-state index in [9.17, 15) is 0 Å². The van der Waals surface area contributed by atoms with Crippen molar-refractivity contribution >= 4 is 17.1 Å². The number of hydrogen-bond donors (Lipinski definition) is 0. The van der Waals surface area contributed by atoms with E-state index in [0.29, 0.717) is 5.56 Å². The summed E-state index contributed by atoms with van der Waals surface area (Å²) in [5.41, 5.74) is 7.80. The zero-order valence-electron chi connectivity index (χ0n) is 15.7. The van der Waals surface area contributed by atoms with Crippen molar-refractivity contribution in [1.29, 1.82) is 5.26 Å². The fourth-order valence-electron chi connectivity index (χ4n) is 4.82. The summed E-state index contributed by atoms with van der Waals surface area (Å²) in [6.45, 7) is 10.3. The monoisotopic (exact) mass is 331 g/mol. The third-order valence-electron chi connectivity index (χ3n) is 5.82. The second kappa shape index (κ2) is 5.02. The molecule has 0 N–H and O–H groups in total. The average molecular weight is 331 g/mol. The standard InChI is InChI=1S/C22H25N3/c1-21(2)13-22(3,4)18-11-20-19(10-17(18)21)24(5)14-25(20)16-8-6-15(12-23)7-9-16/h6-11H,13-14H2,1-5H3. The molecular formula is C22H25N3. The van der Waals surface area contributed by atoms with Crippen molar-refractivity contribution in [2.75, 3.05) is 23.5 Å². The third-order valence-corrected chi connectivity index (χ3v) is 5.82. The van der Waals surface area contributed by atoms with Crippen LogP contribution in [0.3, 0.4) is 0 Å². The maximum atomic E-state index is 9.03. The van der Waals surface area contributed by atoms with Crippen LogP contribution in [-0.2, 0) is 10.8 Å². The lowest BCUT2D eigenvalue weighted by atomic mass is 9.82. The van der Waals surface area contributed by atoms with E-state index in [1.165, 1.54) is 28.9 Å². The van der Waals surface area contributed by atoms with E-state index in [1.807, 2.05) is 24.3 Å². The molecule has 1 aliphatic carbocycles. The first kappa shape index (κ1) is 16.0. The highest BCUT2D eigenvalue weighted by molar-refractivity contribution is 5.84. The molecule has 0 aromatic heterocycles. The first-order valence-corrected chi connectivity index (χ1v) is 8.91. The van der Waals surface area contributed by atoms with Crippen molar-refractivity contribution in [3.63, 3.8) is 0 Å². The molecule has 0 radical (unpaired) electrons. The molecule has 3 nitrogen and oxygen atoms in total. The Morgan fingerprint density at radius 1 is 0.920 bits per heavy atom. The van der Waals surface area contributed by atoms with Gasteiger partial charge in [0.2, 0.25) is 0 Å². The van der Waals surface area contributed by atoms with E-state index in [2.05, 4.69) is 62.7 Å². The van der Waals surface area contributed by atoms with Gasteiger partial charge in [0, 0.05) is 12.7 Å². The Balaban J connectivity index is 1.85. The molecule has 1 aliphatic heterocycles. The van der Waals surface area contributed by atoms with Crippen LogP contribution in [0.2, 0.25) is 0 Å². The molecule has 0 unspecified atom stereocenters. The summed E-state index contributed by atoms with van der Waals surface area (Å²) in [5, 5.41) is 9.03. The molecule has 1 heterocycles. The third kappa shape index (κ3) is 2.32. The average Bonchev–Trinajstić information content (AvgIpc) is 2.98. The Labute approximate surface area is 150 Å². The zero-order chi connectivity index (χ0) is 18.0. The molecule has 4 rings (SSSR count). The molecular weight excluding hydrogens is 306 g/mol. The van der Waals surface area contributed by atoms with Crippen molar-refractivity contribution in [3.8, 4) is 6.07 Å². The van der Waals surface area contributed by atoms with Crippen LogP contribution in [0.25, 0.3) is 0 Å². The van der Waals surface area contributed by atoms with E-state index in [0.717, 1.165) is 12.4 Å². The molecule has 0 saturated heterocycles. The van der Waals surface area contributed by atoms with E-state index in [4.69, 9.17) is 5.26 Å². The van der Waals surface area contributed by atoms with Crippen molar-refractivity contribution in [3.05, 3.63) is 53.1 Å². The fraction of sp³-hybridized carbons (Fsp3) is 0.409. The number of benzene rings is 2. The second-order valence-corrected chi connectivity index (χ2v) is 8.76. The highest BCUT2D eigenvalue weighted by atomic mass is 15.4. The molecule has 3 heteroatoms. The van der Waals surface area contributed by atoms with Gasteiger partial charge >= 0.3 is 0 Å². The van der Waals surface area contributed by atoms with Gasteiger partial charge in [0.25, 0.3) is 0 Å². The van der Waals surface area contributed by atoms with Crippen molar-refractivity contribution in [2.24, 2.45) is 0 Å². The Bertz CT molecular complexity index is 885. The maximum absolute atomic E-state index is 9.03. The summed E-state index contributed by atoms with van der Waals surface area (Å²) in [5.74, 6) is 0. The lowest BCUT2D eigenvalue weighted by molar-refractivity contribution is 0.403. The fourth-order valence-corrected chi connectivity index (χ4v) is 4.82. The largest absolute Gasteiger partial charge is 0.355 e. The Kier molecular flexibility index (Phi) is 3.22. The van der Waals surface area contributed by atoms with Crippen molar-refractivity contribution < 1.29 is 0 Å². The van der Waals surface area contributed by atoms with Crippen LogP contribution in [0.5, 0.6) is 0 Å². The highest BCUT2D eigenvalue weighted by Crippen LogP contribution is 2.53. The van der Waals surface area contributed by atoms with Gasteiger partial charge in [-0.1, -0.05) is 27.7 Å². The van der Waals surface area contributed by atoms with Crippen LogP contribution < -0.4 is 9.80 Å². The first-order valence-electron chi connectivity index (χ1n) is 8.91. The highest BCUT2D eigenvalue weighted by Gasteiger charge is 2.43. The van der Waals surface area contributed by atoms with Crippen LogP contribution in [0.1, 0.15) is 50.8 Å². The minimum atomic E-state index is 0.200. The molecule has 0 saturated carbocycles. The van der Waals surface area contributed by atoms with Gasteiger partial charge in [-0.15, -0.1) is 0 Å². The number of fused-ring (bicyclic) bond motifs is 2. The molecule has 128 valence electrons. The number of nitrogens with zero attached hydrogens (tertiary/aromatic N) is 3. The minimum Gasteiger partial charge on any atom is -0.355 e. The van der Waals surface area contributed by atoms with E-state index in [1.54, 1.807) is 0 Å². The Hall–Kier alpha value is -2.47. The smallest absolute Gasteiger partial charge is 0.0991 e. The van der Waals surface area contributed by atoms with E-state index >= 15 is 0 Å². The molecule has 2 aliphatic rings. The number of rotatable bonds is 1. The number of hydrogen-bond acceptors (Lipinski definition) is 3. The Morgan fingerprint density at radius 3 is 2.04 bits per heavy atom. The predicted octanol–water partition coefficient (Wildman–Crippen LogP) is 5.06. The van der Waals surface area contributed by atoms with E-state index in [-0.39, 0.29) is 10.8 Å². The lowest BCUT2D eigenvalue weighted by Gasteiger charge is -2.23. The summed E-state index contributed by atoms with van der Waals surface area (Å²) in [4.78, 5) is 4.66. The van der Waals surface area contributed by atoms with Gasteiger partial charge in [0.05, 0.1) is 29.7 Å². The summed E-state index contributed by atoms with van der Waals surface area (Å²) >= 11 is 0. The predicted molar refractivity (Wildman–Crippen MR) is 104 cm³/mol. The van der Waals surface area contributed by atoms with E-state index < -0.39 is 0 Å². The minimum absolute atomic E-state index is 0.200. The van der Waals surface area contributed by atoms with Gasteiger partial charge in [-0.25, -0.2) is 0 Å². The normalized spacial score (nSPS) is 19.5. The van der Waals surface area contributed by atoms with Gasteiger partial charge in [-0.3, -0.25) is 0 Å². The molecule has 25 heavy (non-hydrogen) atoms. The number of anilines is 3. The lowest BCUT2D eigenvalue weighted by Crippen LogP contribution is -2.24. The van der Waals surface area contributed by atoms with Gasteiger partial charge in [-0.2, -0.15) is 5.26 Å². The quantitative estimate of drug-likeness (QED) is 0.731. The molecule has 2 aromatic rings. The van der Waals surface area contributed by atoms with Crippen LogP contribution in [0.4, 0.5) is 17.1 Å². The molecule has 0 atom stereocenters. The van der Waals surface area contributed by atoms with Crippen LogP contribution in [-0.4, -0.2) is 13.7 Å². The van der Waals surface area contributed by atoms with Gasteiger partial charge in [0.1, 0.15) is 0 Å². The summed E-state index contributed by atoms with van der Waals surface area (Å²) < 4.78 is 0. The van der Waals surface area contributed by atoms with Gasteiger partial charge < -0.3 is 9.80 Å². The van der Waals surface area contributed by atoms with Gasteiger partial charge in [-0.05, 0) is 64.8 Å². The molecule has 0 spiro atoms. The van der Waals surface area contributed by atoms with Crippen molar-refractivity contribution in [1.82, 2.24) is 0 Å². The van der Waals surface area contributed by atoms with Crippen molar-refractivity contribution in [2.45, 2.75) is 44.9 Å². The number of nitriles is 1. The SMILES string of the molecule is CN1CN(c2ccc(C#N)cc2)c2cc3c(cc21)C(C)(C)CC3(C)C. The van der Waals surface area contributed by atoms with Crippen LogP contribution in [0, 0.1) is 11.3 Å². The molecule has 0 amide bonds. The second-order valence-electron chi connectivity index (χ2n) is 8.76. The summed E-state index contributed by atoms with van der Waals surface area (Å²) in [6.07, 6.45) is 1.18. The molecule has 0 bridgehead atoms. The summed E-state index contributed by atoms with van der Waals surface area (Å²) in [6, 6.07) is 14.9. The van der Waals surface area contributed by atoms with Crippen LogP contribution in [0.15, 0.2) is 36.4 Å². The van der Waals surface area contributed by atoms with Gasteiger partial charge in [0.15, 0.2) is 0 Å². The first-order chi connectivity index (χ1) is 11.7.